The summed E-state index contributed by atoms with van der Waals surface area (Å²) in [5.74, 6) is 1.75. The Kier molecular flexibility index (Phi) is 6.12. The van der Waals surface area contributed by atoms with Crippen molar-refractivity contribution < 1.29 is 0 Å². The first kappa shape index (κ1) is 19.6. The number of nitrogens with zero attached hydrogens (tertiary/aromatic N) is 5. The SMILES string of the molecule is CCc1c(Cl)nc(C)nc1NCCCc1nn(-c2ccccc2)c(N)c1C#N. The summed E-state index contributed by atoms with van der Waals surface area (Å²) in [6, 6.07) is 11.7. The van der Waals surface area contributed by atoms with Gasteiger partial charge < -0.3 is 11.1 Å². The van der Waals surface area contributed by atoms with Gasteiger partial charge in [0.15, 0.2) is 0 Å². The molecule has 0 radical (unpaired) electrons. The molecule has 28 heavy (non-hydrogen) atoms. The zero-order valence-corrected chi connectivity index (χ0v) is 16.7. The van der Waals surface area contributed by atoms with Gasteiger partial charge in [-0.2, -0.15) is 10.4 Å². The molecule has 144 valence electrons. The Labute approximate surface area is 169 Å². The summed E-state index contributed by atoms with van der Waals surface area (Å²) in [6.45, 7) is 4.50. The highest BCUT2D eigenvalue weighted by molar-refractivity contribution is 6.30. The Bertz CT molecular complexity index is 1010. The van der Waals surface area contributed by atoms with Crippen molar-refractivity contribution in [3.63, 3.8) is 0 Å². The lowest BCUT2D eigenvalue weighted by Crippen LogP contribution is -2.10. The molecule has 0 saturated carbocycles. The Balaban J connectivity index is 1.70. The summed E-state index contributed by atoms with van der Waals surface area (Å²) in [5, 5.41) is 17.9. The summed E-state index contributed by atoms with van der Waals surface area (Å²) < 4.78 is 1.62. The van der Waals surface area contributed by atoms with Gasteiger partial charge in [0, 0.05) is 12.1 Å². The molecule has 0 spiro atoms. The van der Waals surface area contributed by atoms with Gasteiger partial charge >= 0.3 is 0 Å². The minimum atomic E-state index is 0.364. The number of aryl methyl sites for hydroxylation is 2. The number of hydrogen-bond acceptors (Lipinski definition) is 6. The maximum Gasteiger partial charge on any atom is 0.145 e. The maximum atomic E-state index is 9.49. The van der Waals surface area contributed by atoms with Gasteiger partial charge in [-0.1, -0.05) is 36.7 Å². The van der Waals surface area contributed by atoms with Gasteiger partial charge in [0.25, 0.3) is 0 Å². The summed E-state index contributed by atoms with van der Waals surface area (Å²) in [7, 11) is 0. The van der Waals surface area contributed by atoms with Crippen molar-refractivity contribution in [1.82, 2.24) is 19.7 Å². The molecule has 0 saturated heterocycles. The van der Waals surface area contributed by atoms with Crippen LogP contribution in [0.3, 0.4) is 0 Å². The van der Waals surface area contributed by atoms with Gasteiger partial charge in [0.05, 0.1) is 11.4 Å². The number of benzene rings is 1. The van der Waals surface area contributed by atoms with Crippen LogP contribution >= 0.6 is 11.6 Å². The second kappa shape index (κ2) is 8.72. The molecule has 3 rings (SSSR count). The number of nitrogens with one attached hydrogen (secondary N) is 1. The smallest absolute Gasteiger partial charge is 0.145 e. The number of rotatable bonds is 7. The fourth-order valence-corrected chi connectivity index (χ4v) is 3.37. The van der Waals surface area contributed by atoms with Crippen LogP contribution in [0.15, 0.2) is 30.3 Å². The molecular formula is C20H22ClN7. The Morgan fingerprint density at radius 3 is 2.68 bits per heavy atom. The van der Waals surface area contributed by atoms with E-state index in [4.69, 9.17) is 17.3 Å². The third-order valence-electron chi connectivity index (χ3n) is 4.41. The van der Waals surface area contributed by atoms with E-state index in [9.17, 15) is 5.26 Å². The highest BCUT2D eigenvalue weighted by atomic mass is 35.5. The molecule has 3 aromatic rings. The third-order valence-corrected chi connectivity index (χ3v) is 4.72. The third kappa shape index (κ3) is 4.07. The van der Waals surface area contributed by atoms with Crippen LogP contribution in [0, 0.1) is 18.3 Å². The van der Waals surface area contributed by atoms with Crippen molar-refractivity contribution in [3.05, 3.63) is 58.1 Å². The van der Waals surface area contributed by atoms with E-state index in [1.807, 2.05) is 44.2 Å². The zero-order chi connectivity index (χ0) is 20.1. The average Bonchev–Trinajstić information content (AvgIpc) is 3.01. The largest absolute Gasteiger partial charge is 0.382 e. The molecule has 7 nitrogen and oxygen atoms in total. The summed E-state index contributed by atoms with van der Waals surface area (Å²) >= 11 is 6.21. The first-order valence-corrected chi connectivity index (χ1v) is 9.52. The number of anilines is 2. The fourth-order valence-electron chi connectivity index (χ4n) is 3.02. The molecule has 0 bridgehead atoms. The van der Waals surface area contributed by atoms with Crippen LogP contribution in [0.25, 0.3) is 5.69 Å². The number of nitriles is 1. The molecule has 0 aliphatic carbocycles. The Morgan fingerprint density at radius 1 is 1.25 bits per heavy atom. The molecule has 0 atom stereocenters. The molecular weight excluding hydrogens is 374 g/mol. The van der Waals surface area contributed by atoms with E-state index in [1.165, 1.54) is 0 Å². The highest BCUT2D eigenvalue weighted by Gasteiger charge is 2.16. The van der Waals surface area contributed by atoms with E-state index in [0.29, 0.717) is 41.0 Å². The van der Waals surface area contributed by atoms with Gasteiger partial charge in [-0.15, -0.1) is 0 Å². The quantitative estimate of drug-likeness (QED) is 0.467. The Hall–Kier alpha value is -3.11. The van der Waals surface area contributed by atoms with Gasteiger partial charge in [0.1, 0.15) is 34.2 Å². The molecule has 0 fully saturated rings. The second-order valence-corrected chi connectivity index (χ2v) is 6.70. The van der Waals surface area contributed by atoms with E-state index < -0.39 is 0 Å². The predicted octanol–water partition coefficient (Wildman–Crippen LogP) is 3.69. The maximum absolute atomic E-state index is 9.49. The van der Waals surface area contributed by atoms with E-state index in [0.717, 1.165) is 29.9 Å². The van der Waals surface area contributed by atoms with Gasteiger partial charge in [-0.3, -0.25) is 0 Å². The highest BCUT2D eigenvalue weighted by Crippen LogP contribution is 2.23. The molecule has 0 amide bonds. The minimum absolute atomic E-state index is 0.364. The monoisotopic (exact) mass is 395 g/mol. The minimum Gasteiger partial charge on any atom is -0.382 e. The standard InChI is InChI=1S/C20H22ClN7/c1-3-15-18(21)25-13(2)26-20(15)24-11-7-10-17-16(12-22)19(23)28(27-17)14-8-5-4-6-9-14/h4-6,8-9H,3,7,10-11,23H2,1-2H3,(H,24,25,26). The molecule has 0 aliphatic rings. The first-order chi connectivity index (χ1) is 13.5. The zero-order valence-electron chi connectivity index (χ0n) is 15.9. The van der Waals surface area contributed by atoms with Crippen molar-refractivity contribution in [3.8, 4) is 11.8 Å². The molecule has 3 N–H and O–H groups in total. The van der Waals surface area contributed by atoms with Gasteiger partial charge in [0.2, 0.25) is 0 Å². The molecule has 2 heterocycles. The molecule has 0 unspecified atom stereocenters. The van der Waals surface area contributed by atoms with Crippen LogP contribution < -0.4 is 11.1 Å². The summed E-state index contributed by atoms with van der Waals surface area (Å²) in [6.07, 6.45) is 2.14. The van der Waals surface area contributed by atoms with E-state index in [2.05, 4.69) is 26.5 Å². The first-order valence-electron chi connectivity index (χ1n) is 9.14. The van der Waals surface area contributed by atoms with Gasteiger partial charge in [-0.25, -0.2) is 14.6 Å². The second-order valence-electron chi connectivity index (χ2n) is 6.34. The van der Waals surface area contributed by atoms with Crippen LogP contribution in [-0.4, -0.2) is 26.3 Å². The van der Waals surface area contributed by atoms with E-state index in [1.54, 1.807) is 4.68 Å². The van der Waals surface area contributed by atoms with Crippen LogP contribution in [-0.2, 0) is 12.8 Å². The predicted molar refractivity (Wildman–Crippen MR) is 111 cm³/mol. The normalized spacial score (nSPS) is 10.6. The van der Waals surface area contributed by atoms with Crippen molar-refractivity contribution in [2.75, 3.05) is 17.6 Å². The van der Waals surface area contributed by atoms with E-state index >= 15 is 0 Å². The number of nitrogens with two attached hydrogens (primary N) is 1. The van der Waals surface area contributed by atoms with Crippen LogP contribution in [0.4, 0.5) is 11.6 Å². The lowest BCUT2D eigenvalue weighted by atomic mass is 10.1. The van der Waals surface area contributed by atoms with Crippen LogP contribution in [0.5, 0.6) is 0 Å². The number of aromatic nitrogens is 4. The fraction of sp³-hybridized carbons (Fsp3) is 0.300. The van der Waals surface area contributed by atoms with Gasteiger partial charge in [-0.05, 0) is 38.3 Å². The molecule has 2 aromatic heterocycles. The molecule has 8 heteroatoms. The Morgan fingerprint density at radius 2 is 2.00 bits per heavy atom. The lowest BCUT2D eigenvalue weighted by Gasteiger charge is -2.11. The van der Waals surface area contributed by atoms with Crippen molar-refractivity contribution >= 4 is 23.2 Å². The van der Waals surface area contributed by atoms with Crippen LogP contribution in [0.2, 0.25) is 5.15 Å². The van der Waals surface area contributed by atoms with Crippen molar-refractivity contribution in [2.45, 2.75) is 33.1 Å². The van der Waals surface area contributed by atoms with Crippen molar-refractivity contribution in [2.24, 2.45) is 0 Å². The number of halogens is 1. The number of nitrogen functional groups attached to an aromatic ring is 1. The topological polar surface area (TPSA) is 105 Å². The molecule has 0 aliphatic heterocycles. The number of para-hydroxylation sites is 1. The average molecular weight is 396 g/mol. The number of hydrogen-bond donors (Lipinski definition) is 2. The lowest BCUT2D eigenvalue weighted by molar-refractivity contribution is 0.787. The van der Waals surface area contributed by atoms with Crippen molar-refractivity contribution in [1.29, 1.82) is 5.26 Å². The summed E-state index contributed by atoms with van der Waals surface area (Å²) in [5.41, 5.74) is 9.00. The summed E-state index contributed by atoms with van der Waals surface area (Å²) in [4.78, 5) is 8.64. The molecule has 1 aromatic carbocycles. The van der Waals surface area contributed by atoms with E-state index in [-0.39, 0.29) is 0 Å². The van der Waals surface area contributed by atoms with Crippen LogP contribution in [0.1, 0.15) is 36.0 Å².